The van der Waals surface area contributed by atoms with Crippen LogP contribution in [-0.4, -0.2) is 47.2 Å². The van der Waals surface area contributed by atoms with Crippen LogP contribution < -0.4 is 5.32 Å². The molecule has 5 nitrogen and oxygen atoms in total. The number of aliphatic hydroxyl groups is 2. The first-order chi connectivity index (χ1) is 9.16. The number of hydrogen-bond donors (Lipinski definition) is 3. The van der Waals surface area contributed by atoms with Gasteiger partial charge in [0.25, 0.3) is 0 Å². The smallest absolute Gasteiger partial charge is 0.184 e. The quantitative estimate of drug-likeness (QED) is 0.676. The van der Waals surface area contributed by atoms with Crippen molar-refractivity contribution in [1.29, 1.82) is 0 Å². The molecule has 0 radical (unpaired) electrons. The predicted molar refractivity (Wildman–Crippen MR) is 68.4 cm³/mol. The normalized spacial score (nSPS) is 42.7. The molecule has 2 saturated heterocycles. The molecule has 2 aliphatic heterocycles. The van der Waals surface area contributed by atoms with Crippen molar-refractivity contribution in [2.75, 3.05) is 6.61 Å². The van der Waals surface area contributed by atoms with Gasteiger partial charge in [-0.2, -0.15) is 0 Å². The van der Waals surface area contributed by atoms with E-state index in [0.717, 1.165) is 5.56 Å². The maximum absolute atomic E-state index is 10.1. The van der Waals surface area contributed by atoms with E-state index in [2.05, 4.69) is 5.32 Å². The van der Waals surface area contributed by atoms with Gasteiger partial charge in [-0.3, -0.25) is 0 Å². The fourth-order valence-corrected chi connectivity index (χ4v) is 2.74. The molecular weight excluding hydrogens is 246 g/mol. The van der Waals surface area contributed by atoms with Gasteiger partial charge in [0.15, 0.2) is 6.29 Å². The zero-order chi connectivity index (χ0) is 13.4. The Morgan fingerprint density at radius 3 is 2.63 bits per heavy atom. The molecule has 0 spiro atoms. The van der Waals surface area contributed by atoms with Crippen LogP contribution >= 0.6 is 0 Å². The van der Waals surface area contributed by atoms with Gasteiger partial charge in [0.2, 0.25) is 0 Å². The van der Waals surface area contributed by atoms with Crippen LogP contribution in [0.3, 0.4) is 0 Å². The number of nitrogens with one attached hydrogen (secondary N) is 1. The van der Waals surface area contributed by atoms with Crippen molar-refractivity contribution in [3.8, 4) is 0 Å². The van der Waals surface area contributed by atoms with Gasteiger partial charge in [0.1, 0.15) is 12.2 Å². The lowest BCUT2D eigenvalue weighted by Crippen LogP contribution is -2.67. The van der Waals surface area contributed by atoms with E-state index in [-0.39, 0.29) is 12.1 Å². The van der Waals surface area contributed by atoms with Crippen molar-refractivity contribution in [3.05, 3.63) is 35.9 Å². The zero-order valence-corrected chi connectivity index (χ0v) is 10.8. The highest BCUT2D eigenvalue weighted by molar-refractivity contribution is 5.17. The monoisotopic (exact) mass is 265 g/mol. The van der Waals surface area contributed by atoms with Gasteiger partial charge in [-0.1, -0.05) is 30.3 Å². The highest BCUT2D eigenvalue weighted by atomic mass is 16.7. The Bertz CT molecular complexity index is 425. The lowest BCUT2D eigenvalue weighted by atomic mass is 9.90. The summed E-state index contributed by atoms with van der Waals surface area (Å²) in [5, 5.41) is 23.3. The molecule has 104 valence electrons. The maximum Gasteiger partial charge on any atom is 0.184 e. The first-order valence-electron chi connectivity index (χ1n) is 6.61. The lowest BCUT2D eigenvalue weighted by molar-refractivity contribution is -0.271. The van der Waals surface area contributed by atoms with Crippen LogP contribution in [0.5, 0.6) is 0 Å². The molecule has 2 heterocycles. The van der Waals surface area contributed by atoms with Crippen LogP contribution in [0, 0.1) is 0 Å². The molecule has 3 rings (SSSR count). The molecule has 2 fully saturated rings. The molecule has 0 aliphatic carbocycles. The minimum absolute atomic E-state index is 0.0895. The van der Waals surface area contributed by atoms with Gasteiger partial charge in [0, 0.05) is 11.6 Å². The summed E-state index contributed by atoms with van der Waals surface area (Å²) in [6, 6.07) is 9.35. The van der Waals surface area contributed by atoms with Crippen LogP contribution in [0.2, 0.25) is 0 Å². The maximum atomic E-state index is 10.1. The van der Waals surface area contributed by atoms with E-state index < -0.39 is 24.6 Å². The lowest BCUT2D eigenvalue weighted by Gasteiger charge is -2.46. The highest BCUT2D eigenvalue weighted by Crippen LogP contribution is 2.31. The van der Waals surface area contributed by atoms with Gasteiger partial charge in [-0.05, 0) is 6.92 Å². The van der Waals surface area contributed by atoms with E-state index in [4.69, 9.17) is 9.47 Å². The number of hydrogen-bond acceptors (Lipinski definition) is 5. The van der Waals surface area contributed by atoms with E-state index >= 15 is 0 Å². The summed E-state index contributed by atoms with van der Waals surface area (Å²) >= 11 is 0. The van der Waals surface area contributed by atoms with Crippen LogP contribution in [0.1, 0.15) is 18.8 Å². The minimum atomic E-state index is -0.892. The van der Waals surface area contributed by atoms with Crippen molar-refractivity contribution in [3.63, 3.8) is 0 Å². The van der Waals surface area contributed by atoms with Crippen molar-refractivity contribution < 1.29 is 19.7 Å². The van der Waals surface area contributed by atoms with Gasteiger partial charge in [-0.25, -0.2) is 0 Å². The molecule has 6 atom stereocenters. The molecule has 0 amide bonds. The van der Waals surface area contributed by atoms with Crippen LogP contribution in [0.4, 0.5) is 0 Å². The number of aliphatic hydroxyl groups excluding tert-OH is 2. The largest absolute Gasteiger partial charge is 0.389 e. The summed E-state index contributed by atoms with van der Waals surface area (Å²) in [4.78, 5) is 0. The van der Waals surface area contributed by atoms with Gasteiger partial charge in [0.05, 0.1) is 18.8 Å². The molecule has 5 heteroatoms. The fraction of sp³-hybridized carbons (Fsp3) is 0.571. The highest BCUT2D eigenvalue weighted by Gasteiger charge is 2.46. The Hall–Kier alpha value is -0.980. The Balaban J connectivity index is 1.75. The summed E-state index contributed by atoms with van der Waals surface area (Å²) in [5.74, 6) is 0. The van der Waals surface area contributed by atoms with Gasteiger partial charge in [-0.15, -0.1) is 0 Å². The topological polar surface area (TPSA) is 71.0 Å². The minimum Gasteiger partial charge on any atom is -0.389 e. The number of benzene rings is 1. The second-order valence-corrected chi connectivity index (χ2v) is 5.22. The third-order valence-corrected chi connectivity index (χ3v) is 3.85. The SMILES string of the molecule is C[C@H]1N[C@@H]2CO[C@@H](c3ccccc3)O[C@H]2[C@@H](O)[C@H]1O. The van der Waals surface area contributed by atoms with Crippen molar-refractivity contribution in [2.24, 2.45) is 0 Å². The Morgan fingerprint density at radius 2 is 1.89 bits per heavy atom. The summed E-state index contributed by atoms with van der Waals surface area (Å²) in [6.07, 6.45) is -2.66. The van der Waals surface area contributed by atoms with E-state index in [1.54, 1.807) is 0 Å². The molecule has 0 unspecified atom stereocenters. The molecule has 2 aliphatic rings. The van der Waals surface area contributed by atoms with Crippen molar-refractivity contribution in [2.45, 2.75) is 43.6 Å². The molecule has 3 N–H and O–H groups in total. The van der Waals surface area contributed by atoms with Crippen LogP contribution in [0.25, 0.3) is 0 Å². The second-order valence-electron chi connectivity index (χ2n) is 5.22. The van der Waals surface area contributed by atoms with Crippen molar-refractivity contribution in [1.82, 2.24) is 5.32 Å². The Morgan fingerprint density at radius 1 is 1.16 bits per heavy atom. The van der Waals surface area contributed by atoms with Crippen LogP contribution in [-0.2, 0) is 9.47 Å². The van der Waals surface area contributed by atoms with E-state index in [0.29, 0.717) is 6.61 Å². The fourth-order valence-electron chi connectivity index (χ4n) is 2.74. The van der Waals surface area contributed by atoms with E-state index in [1.807, 2.05) is 37.3 Å². The predicted octanol–water partition coefficient (Wildman–Crippen LogP) is 0.183. The van der Waals surface area contributed by atoms with E-state index in [9.17, 15) is 10.2 Å². The summed E-state index contributed by atoms with van der Waals surface area (Å²) in [5.41, 5.74) is 0.918. The Kier molecular flexibility index (Phi) is 3.56. The molecular formula is C14H19NO4. The standard InChI is InChI=1S/C14H19NO4/c1-8-11(16)12(17)13-10(15-8)7-18-14(19-13)9-5-3-2-4-6-9/h2-6,8,10-17H,7H2,1H3/t8-,10-,11+,12+,13-,14-/m1/s1. The Labute approximate surface area is 112 Å². The zero-order valence-electron chi connectivity index (χ0n) is 10.8. The summed E-state index contributed by atoms with van der Waals surface area (Å²) < 4.78 is 11.5. The second kappa shape index (κ2) is 5.19. The first kappa shape index (κ1) is 13.0. The first-order valence-corrected chi connectivity index (χ1v) is 6.61. The number of fused-ring (bicyclic) bond motifs is 1. The molecule has 0 aromatic heterocycles. The molecule has 0 bridgehead atoms. The average Bonchev–Trinajstić information content (AvgIpc) is 2.46. The molecule has 0 saturated carbocycles. The summed E-state index contributed by atoms with van der Waals surface area (Å²) in [7, 11) is 0. The average molecular weight is 265 g/mol. The molecule has 1 aromatic rings. The van der Waals surface area contributed by atoms with Crippen molar-refractivity contribution >= 4 is 0 Å². The van der Waals surface area contributed by atoms with E-state index in [1.165, 1.54) is 0 Å². The number of ether oxygens (including phenoxy) is 2. The molecule has 19 heavy (non-hydrogen) atoms. The van der Waals surface area contributed by atoms with Gasteiger partial charge < -0.3 is 25.0 Å². The van der Waals surface area contributed by atoms with Crippen LogP contribution in [0.15, 0.2) is 30.3 Å². The van der Waals surface area contributed by atoms with Gasteiger partial charge >= 0.3 is 0 Å². The third-order valence-electron chi connectivity index (χ3n) is 3.85. The molecule has 1 aromatic carbocycles. The summed E-state index contributed by atoms with van der Waals surface area (Å²) in [6.45, 7) is 2.30. The number of piperidine rings is 1. The number of rotatable bonds is 1. The third kappa shape index (κ3) is 2.40.